The van der Waals surface area contributed by atoms with Crippen LogP contribution in [0.2, 0.25) is 10.0 Å². The third-order valence-electron chi connectivity index (χ3n) is 6.03. The number of hydrogen-bond acceptors (Lipinski definition) is 3. The molecule has 0 spiro atoms. The van der Waals surface area contributed by atoms with Crippen molar-refractivity contribution in [2.75, 3.05) is 6.54 Å². The van der Waals surface area contributed by atoms with E-state index < -0.39 is 11.9 Å². The summed E-state index contributed by atoms with van der Waals surface area (Å²) in [6, 6.07) is 10.8. The minimum absolute atomic E-state index is 0.0194. The quantitative estimate of drug-likeness (QED) is 0.295. The van der Waals surface area contributed by atoms with Gasteiger partial charge in [0.15, 0.2) is 5.69 Å². The van der Waals surface area contributed by atoms with Crippen molar-refractivity contribution in [1.29, 1.82) is 0 Å². The van der Waals surface area contributed by atoms with Gasteiger partial charge in [-0.2, -0.15) is 18.3 Å². The molecular weight excluding hydrogens is 514 g/mol. The summed E-state index contributed by atoms with van der Waals surface area (Å²) in [5.74, 6) is 0.483. The van der Waals surface area contributed by atoms with Gasteiger partial charge in [0.25, 0.3) is 5.91 Å². The molecule has 0 aliphatic heterocycles. The van der Waals surface area contributed by atoms with Crippen LogP contribution in [0.15, 0.2) is 36.4 Å². The molecule has 3 aromatic rings. The van der Waals surface area contributed by atoms with Gasteiger partial charge in [-0.3, -0.25) is 9.48 Å². The molecule has 0 saturated heterocycles. The van der Waals surface area contributed by atoms with E-state index in [4.69, 9.17) is 27.9 Å². The van der Waals surface area contributed by atoms with Gasteiger partial charge < -0.3 is 10.1 Å². The van der Waals surface area contributed by atoms with Crippen molar-refractivity contribution in [3.8, 4) is 5.75 Å². The zero-order valence-corrected chi connectivity index (χ0v) is 21.4. The Morgan fingerprint density at radius 1 is 1.11 bits per heavy atom. The average molecular weight is 540 g/mol. The van der Waals surface area contributed by atoms with Gasteiger partial charge in [-0.25, -0.2) is 0 Å². The highest BCUT2D eigenvalue weighted by atomic mass is 35.5. The van der Waals surface area contributed by atoms with Crippen LogP contribution in [-0.4, -0.2) is 22.2 Å². The van der Waals surface area contributed by atoms with Crippen molar-refractivity contribution in [3.63, 3.8) is 0 Å². The molecule has 192 valence electrons. The molecule has 1 saturated carbocycles. The molecular formula is C26H26Cl2F3N3O2. The highest BCUT2D eigenvalue weighted by molar-refractivity contribution is 6.32. The van der Waals surface area contributed by atoms with Gasteiger partial charge in [-0.05, 0) is 74.1 Å². The first kappa shape index (κ1) is 26.4. The molecule has 0 bridgehead atoms. The van der Waals surface area contributed by atoms with Crippen LogP contribution in [0.1, 0.15) is 63.6 Å². The van der Waals surface area contributed by atoms with Gasteiger partial charge in [0.2, 0.25) is 0 Å². The van der Waals surface area contributed by atoms with E-state index in [1.165, 1.54) is 4.68 Å². The highest BCUT2D eigenvalue weighted by Gasteiger charge is 2.41. The first-order valence-corrected chi connectivity index (χ1v) is 12.4. The first-order chi connectivity index (χ1) is 17.0. The maximum absolute atomic E-state index is 13.2. The monoisotopic (exact) mass is 539 g/mol. The average Bonchev–Trinajstić information content (AvgIpc) is 3.60. The molecule has 0 radical (unpaired) electrons. The number of carbonyl (C=O) groups is 1. The highest BCUT2D eigenvalue weighted by Crippen LogP contribution is 2.46. The van der Waals surface area contributed by atoms with Crippen molar-refractivity contribution in [1.82, 2.24) is 15.1 Å². The van der Waals surface area contributed by atoms with Gasteiger partial charge in [0.1, 0.15) is 12.4 Å². The lowest BCUT2D eigenvalue weighted by Crippen LogP contribution is -2.25. The topological polar surface area (TPSA) is 56.1 Å². The minimum atomic E-state index is -4.59. The normalized spacial score (nSPS) is 13.6. The summed E-state index contributed by atoms with van der Waals surface area (Å²) in [4.78, 5) is 12.5. The summed E-state index contributed by atoms with van der Waals surface area (Å²) in [6.45, 7) is 4.72. The number of benzene rings is 2. The van der Waals surface area contributed by atoms with Gasteiger partial charge >= 0.3 is 6.18 Å². The summed E-state index contributed by atoms with van der Waals surface area (Å²) in [5, 5.41) is 6.93. The minimum Gasteiger partial charge on any atom is -0.489 e. The Morgan fingerprint density at radius 2 is 1.75 bits per heavy atom. The summed E-state index contributed by atoms with van der Waals surface area (Å²) in [6.07, 6.45) is -2.56. The largest absolute Gasteiger partial charge is 0.489 e. The van der Waals surface area contributed by atoms with Crippen molar-refractivity contribution >= 4 is 29.1 Å². The number of rotatable bonds is 9. The van der Waals surface area contributed by atoms with Gasteiger partial charge in [0, 0.05) is 29.6 Å². The zero-order chi connectivity index (χ0) is 26.0. The van der Waals surface area contributed by atoms with Crippen LogP contribution in [-0.2, 0) is 19.3 Å². The SMILES string of the molecule is Cc1cc(OCc2ccc(C(=O)NCCCn3nc(C(F)(F)F)c(Cl)c3C3CC3)cc2)cc(C)c1Cl. The fourth-order valence-electron chi connectivity index (χ4n) is 3.99. The molecule has 10 heteroatoms. The fraction of sp³-hybridized carbons (Fsp3) is 0.385. The van der Waals surface area contributed by atoms with Gasteiger partial charge in [-0.15, -0.1) is 0 Å². The van der Waals surface area contributed by atoms with E-state index in [1.807, 2.05) is 38.1 Å². The van der Waals surface area contributed by atoms with Gasteiger partial charge in [-0.1, -0.05) is 35.3 Å². The Morgan fingerprint density at radius 3 is 2.33 bits per heavy atom. The number of alkyl halides is 3. The third kappa shape index (κ3) is 6.16. The number of ether oxygens (including phenoxy) is 1. The van der Waals surface area contributed by atoms with E-state index in [0.29, 0.717) is 30.8 Å². The molecule has 5 nitrogen and oxygen atoms in total. The second-order valence-electron chi connectivity index (χ2n) is 9.01. The zero-order valence-electron chi connectivity index (χ0n) is 19.9. The maximum Gasteiger partial charge on any atom is 0.436 e. The Balaban J connectivity index is 1.27. The second-order valence-corrected chi connectivity index (χ2v) is 9.77. The molecule has 36 heavy (non-hydrogen) atoms. The van der Waals surface area contributed by atoms with E-state index >= 15 is 0 Å². The third-order valence-corrected chi connectivity index (χ3v) is 7.00. The van der Waals surface area contributed by atoms with Crippen molar-refractivity contribution in [2.24, 2.45) is 0 Å². The summed E-state index contributed by atoms with van der Waals surface area (Å²) in [7, 11) is 0. The molecule has 1 fully saturated rings. The number of halogens is 5. The predicted molar refractivity (Wildman–Crippen MR) is 133 cm³/mol. The van der Waals surface area contributed by atoms with Crippen LogP contribution in [0.5, 0.6) is 5.75 Å². The lowest BCUT2D eigenvalue weighted by Gasteiger charge is -2.11. The second kappa shape index (κ2) is 10.7. The summed E-state index contributed by atoms with van der Waals surface area (Å²) >= 11 is 12.2. The Hall–Kier alpha value is -2.71. The lowest BCUT2D eigenvalue weighted by molar-refractivity contribution is -0.141. The Kier molecular flexibility index (Phi) is 7.85. The van der Waals surface area contributed by atoms with Crippen molar-refractivity contribution < 1.29 is 22.7 Å². The number of nitrogens with zero attached hydrogens (tertiary/aromatic N) is 2. The van der Waals surface area contributed by atoms with Gasteiger partial charge in [0.05, 0.1) is 10.7 Å². The van der Waals surface area contributed by atoms with E-state index in [9.17, 15) is 18.0 Å². The molecule has 4 rings (SSSR count). The number of aryl methyl sites for hydroxylation is 3. The van der Waals surface area contributed by atoms with E-state index in [2.05, 4.69) is 10.4 Å². The molecule has 1 heterocycles. The van der Waals surface area contributed by atoms with Crippen LogP contribution in [0.3, 0.4) is 0 Å². The van der Waals surface area contributed by atoms with Crippen LogP contribution < -0.4 is 10.1 Å². The number of nitrogens with one attached hydrogen (secondary N) is 1. The Bertz CT molecular complexity index is 1230. The van der Waals surface area contributed by atoms with Crippen LogP contribution >= 0.6 is 23.2 Å². The van der Waals surface area contributed by atoms with Crippen molar-refractivity contribution in [3.05, 3.63) is 80.1 Å². The fourth-order valence-corrected chi connectivity index (χ4v) is 4.50. The smallest absolute Gasteiger partial charge is 0.436 e. The van der Waals surface area contributed by atoms with E-state index in [-0.39, 0.29) is 23.4 Å². The number of carbonyl (C=O) groups excluding carboxylic acids is 1. The van der Waals surface area contributed by atoms with Crippen LogP contribution in [0.4, 0.5) is 13.2 Å². The molecule has 1 N–H and O–H groups in total. The molecule has 0 unspecified atom stereocenters. The molecule has 2 aromatic carbocycles. The molecule has 1 aromatic heterocycles. The van der Waals surface area contributed by atoms with Crippen LogP contribution in [0, 0.1) is 13.8 Å². The van der Waals surface area contributed by atoms with Crippen molar-refractivity contribution in [2.45, 2.75) is 58.4 Å². The summed E-state index contributed by atoms with van der Waals surface area (Å²) in [5.41, 5.74) is 2.67. The predicted octanol–water partition coefficient (Wildman–Crippen LogP) is 7.10. The number of hydrogen-bond donors (Lipinski definition) is 1. The summed E-state index contributed by atoms with van der Waals surface area (Å²) < 4.78 is 46.7. The lowest BCUT2D eigenvalue weighted by atomic mass is 10.1. The maximum atomic E-state index is 13.2. The number of amides is 1. The molecule has 1 amide bonds. The first-order valence-electron chi connectivity index (χ1n) is 11.6. The molecule has 1 aliphatic rings. The molecule has 1 aliphatic carbocycles. The Labute approximate surface area is 217 Å². The van der Waals surface area contributed by atoms with E-state index in [1.54, 1.807) is 12.1 Å². The molecule has 0 atom stereocenters. The van der Waals surface area contributed by atoms with Crippen LogP contribution in [0.25, 0.3) is 0 Å². The van der Waals surface area contributed by atoms with E-state index in [0.717, 1.165) is 40.3 Å². The number of aromatic nitrogens is 2. The standard InChI is InChI=1S/C26H26Cl2F3N3O2/c1-15-12-20(13-16(2)21(15)27)36-14-17-4-6-19(7-5-17)25(35)32-10-3-11-34-23(18-8-9-18)22(28)24(33-34)26(29,30)31/h4-7,12-13,18H,3,8-11,14H2,1-2H3,(H,32,35).